The van der Waals surface area contributed by atoms with Crippen molar-refractivity contribution < 1.29 is 14.6 Å². The molecule has 0 aliphatic rings. The minimum Gasteiger partial charge on any atom is -0.488 e. The van der Waals surface area contributed by atoms with Gasteiger partial charge in [0.05, 0.1) is 4.47 Å². The molecule has 6 heteroatoms. The first-order chi connectivity index (χ1) is 12.1. The van der Waals surface area contributed by atoms with E-state index in [4.69, 9.17) is 4.74 Å². The Kier molecular flexibility index (Phi) is 8.31. The number of carboxylic acids is 1. The Hall–Kier alpha value is -1.50. The Morgan fingerprint density at radius 2 is 2.00 bits per heavy atom. The zero-order chi connectivity index (χ0) is 18.1. The number of thioether (sulfide) groups is 1. The number of hydrogen-bond donors (Lipinski definition) is 2. The maximum absolute atomic E-state index is 11.3. The monoisotopic (exact) mass is 423 g/mol. The number of carbonyl (C=O) groups is 1. The Labute approximate surface area is 161 Å². The van der Waals surface area contributed by atoms with E-state index in [1.165, 1.54) is 0 Å². The molecule has 2 N–H and O–H groups in total. The topological polar surface area (TPSA) is 58.6 Å². The second-order valence-electron chi connectivity index (χ2n) is 5.59. The van der Waals surface area contributed by atoms with Gasteiger partial charge >= 0.3 is 5.97 Å². The van der Waals surface area contributed by atoms with E-state index in [0.717, 1.165) is 27.1 Å². The van der Waals surface area contributed by atoms with Crippen molar-refractivity contribution in [3.05, 3.63) is 64.1 Å². The predicted octanol–water partition coefficient (Wildman–Crippen LogP) is 4.32. The van der Waals surface area contributed by atoms with E-state index < -0.39 is 12.0 Å². The van der Waals surface area contributed by atoms with Gasteiger partial charge in [0.15, 0.2) is 0 Å². The number of nitrogens with one attached hydrogen (secondary N) is 1. The van der Waals surface area contributed by atoms with Gasteiger partial charge < -0.3 is 15.2 Å². The summed E-state index contributed by atoms with van der Waals surface area (Å²) in [4.78, 5) is 11.3. The van der Waals surface area contributed by atoms with E-state index in [0.29, 0.717) is 19.6 Å². The highest BCUT2D eigenvalue weighted by molar-refractivity contribution is 9.10. The molecular formula is C19H22BrNO3S. The molecule has 0 radical (unpaired) electrons. The van der Waals surface area contributed by atoms with Crippen molar-refractivity contribution in [2.75, 3.05) is 12.0 Å². The Morgan fingerprint density at radius 3 is 2.64 bits per heavy atom. The molecular weight excluding hydrogens is 402 g/mol. The van der Waals surface area contributed by atoms with Gasteiger partial charge in [0.2, 0.25) is 0 Å². The summed E-state index contributed by atoms with van der Waals surface area (Å²) in [6.45, 7) is 1.01. The number of rotatable bonds is 10. The SMILES string of the molecule is CSCCC(NCc1ccc(OCc2ccccc2)c(Br)c1)C(=O)O. The second kappa shape index (κ2) is 10.5. The van der Waals surface area contributed by atoms with Gasteiger partial charge in [-0.05, 0) is 57.6 Å². The molecule has 0 bridgehead atoms. The fourth-order valence-electron chi connectivity index (χ4n) is 2.30. The number of aliphatic carboxylic acids is 1. The molecule has 2 aromatic carbocycles. The molecule has 0 saturated carbocycles. The summed E-state index contributed by atoms with van der Waals surface area (Å²) in [7, 11) is 0. The van der Waals surface area contributed by atoms with Crippen LogP contribution in [0.2, 0.25) is 0 Å². The summed E-state index contributed by atoms with van der Waals surface area (Å²) in [5.74, 6) is 0.778. The quantitative estimate of drug-likeness (QED) is 0.595. The lowest BCUT2D eigenvalue weighted by molar-refractivity contribution is -0.139. The first-order valence-electron chi connectivity index (χ1n) is 8.00. The summed E-state index contributed by atoms with van der Waals surface area (Å²) in [5, 5.41) is 12.4. The highest BCUT2D eigenvalue weighted by Crippen LogP contribution is 2.27. The minimum atomic E-state index is -0.809. The lowest BCUT2D eigenvalue weighted by atomic mass is 10.1. The summed E-state index contributed by atoms with van der Waals surface area (Å²) < 4.78 is 6.69. The van der Waals surface area contributed by atoms with E-state index >= 15 is 0 Å². The van der Waals surface area contributed by atoms with Crippen LogP contribution in [0.15, 0.2) is 53.0 Å². The van der Waals surface area contributed by atoms with Crippen LogP contribution in [-0.2, 0) is 17.9 Å². The third-order valence-electron chi connectivity index (χ3n) is 3.69. The van der Waals surface area contributed by atoms with E-state index in [1.54, 1.807) is 11.8 Å². The first-order valence-corrected chi connectivity index (χ1v) is 10.2. The molecule has 0 spiro atoms. The van der Waals surface area contributed by atoms with Crippen molar-refractivity contribution in [3.63, 3.8) is 0 Å². The Morgan fingerprint density at radius 1 is 1.24 bits per heavy atom. The van der Waals surface area contributed by atoms with Crippen LogP contribution in [0.1, 0.15) is 17.5 Å². The number of ether oxygens (including phenoxy) is 1. The number of hydrogen-bond acceptors (Lipinski definition) is 4. The van der Waals surface area contributed by atoms with E-state index in [2.05, 4.69) is 21.2 Å². The standard InChI is InChI=1S/C19H22BrNO3S/c1-25-10-9-17(19(22)23)21-12-15-7-8-18(16(20)11-15)24-13-14-5-3-2-4-6-14/h2-8,11,17,21H,9-10,12-13H2,1H3,(H,22,23). The first kappa shape index (κ1) is 19.8. The molecule has 2 rings (SSSR count). The minimum absolute atomic E-state index is 0.503. The van der Waals surface area contributed by atoms with Gasteiger partial charge in [0.1, 0.15) is 18.4 Å². The van der Waals surface area contributed by atoms with Crippen molar-refractivity contribution in [1.29, 1.82) is 0 Å². The van der Waals surface area contributed by atoms with Gasteiger partial charge in [-0.3, -0.25) is 4.79 Å². The molecule has 0 aliphatic carbocycles. The van der Waals surface area contributed by atoms with E-state index in [9.17, 15) is 9.90 Å². The van der Waals surface area contributed by atoms with Crippen LogP contribution in [0.5, 0.6) is 5.75 Å². The molecule has 134 valence electrons. The Bertz CT molecular complexity index is 682. The maximum Gasteiger partial charge on any atom is 0.320 e. The highest BCUT2D eigenvalue weighted by Gasteiger charge is 2.16. The second-order valence-corrected chi connectivity index (χ2v) is 7.43. The molecule has 1 unspecified atom stereocenters. The summed E-state index contributed by atoms with van der Waals surface area (Å²) in [6, 6.07) is 15.3. The molecule has 0 saturated heterocycles. The number of benzene rings is 2. The predicted molar refractivity (Wildman–Crippen MR) is 106 cm³/mol. The lowest BCUT2D eigenvalue weighted by Gasteiger charge is -2.15. The molecule has 0 aliphatic heterocycles. The summed E-state index contributed by atoms with van der Waals surface area (Å²) in [6.07, 6.45) is 2.58. The highest BCUT2D eigenvalue weighted by atomic mass is 79.9. The molecule has 0 aromatic heterocycles. The van der Waals surface area contributed by atoms with Gasteiger partial charge in [-0.15, -0.1) is 0 Å². The fourth-order valence-corrected chi connectivity index (χ4v) is 3.31. The van der Waals surface area contributed by atoms with E-state index in [-0.39, 0.29) is 0 Å². The average Bonchev–Trinajstić information content (AvgIpc) is 2.61. The zero-order valence-electron chi connectivity index (χ0n) is 14.1. The van der Waals surface area contributed by atoms with Crippen molar-refractivity contribution in [2.24, 2.45) is 0 Å². The largest absolute Gasteiger partial charge is 0.488 e. The van der Waals surface area contributed by atoms with Gasteiger partial charge in [-0.1, -0.05) is 36.4 Å². The van der Waals surface area contributed by atoms with Crippen molar-refractivity contribution in [1.82, 2.24) is 5.32 Å². The molecule has 0 heterocycles. The normalized spacial score (nSPS) is 11.9. The van der Waals surface area contributed by atoms with Gasteiger partial charge in [-0.25, -0.2) is 0 Å². The molecule has 0 amide bonds. The molecule has 0 fully saturated rings. The van der Waals surface area contributed by atoms with Crippen LogP contribution < -0.4 is 10.1 Å². The third-order valence-corrected chi connectivity index (χ3v) is 4.96. The van der Waals surface area contributed by atoms with Crippen LogP contribution in [-0.4, -0.2) is 29.1 Å². The smallest absolute Gasteiger partial charge is 0.320 e. The summed E-state index contributed by atoms with van der Waals surface area (Å²) >= 11 is 5.18. The molecule has 2 aromatic rings. The zero-order valence-corrected chi connectivity index (χ0v) is 16.5. The fraction of sp³-hybridized carbons (Fsp3) is 0.316. The van der Waals surface area contributed by atoms with Crippen molar-refractivity contribution in [3.8, 4) is 5.75 Å². The molecule has 1 atom stereocenters. The van der Waals surface area contributed by atoms with Gasteiger partial charge in [0, 0.05) is 6.54 Å². The Balaban J connectivity index is 1.91. The van der Waals surface area contributed by atoms with Crippen LogP contribution in [0.25, 0.3) is 0 Å². The van der Waals surface area contributed by atoms with Gasteiger partial charge in [-0.2, -0.15) is 11.8 Å². The average molecular weight is 424 g/mol. The van der Waals surface area contributed by atoms with Crippen LogP contribution in [0.4, 0.5) is 0 Å². The molecule has 25 heavy (non-hydrogen) atoms. The molecule has 4 nitrogen and oxygen atoms in total. The number of carboxylic acid groups (broad SMARTS) is 1. The van der Waals surface area contributed by atoms with E-state index in [1.807, 2.05) is 54.8 Å². The van der Waals surface area contributed by atoms with Gasteiger partial charge in [0.25, 0.3) is 0 Å². The van der Waals surface area contributed by atoms with Crippen LogP contribution in [0, 0.1) is 0 Å². The van der Waals surface area contributed by atoms with Crippen LogP contribution >= 0.6 is 27.7 Å². The number of halogens is 1. The van der Waals surface area contributed by atoms with Crippen molar-refractivity contribution >= 4 is 33.7 Å². The van der Waals surface area contributed by atoms with Crippen molar-refractivity contribution in [2.45, 2.75) is 25.6 Å². The third kappa shape index (κ3) is 6.72. The summed E-state index contributed by atoms with van der Waals surface area (Å²) in [5.41, 5.74) is 2.12. The van der Waals surface area contributed by atoms with Crippen LogP contribution in [0.3, 0.4) is 0 Å². The maximum atomic E-state index is 11.3. The lowest BCUT2D eigenvalue weighted by Crippen LogP contribution is -2.36.